The van der Waals surface area contributed by atoms with Crippen LogP contribution in [0.2, 0.25) is 5.02 Å². The third kappa shape index (κ3) is 4.30. The highest BCUT2D eigenvalue weighted by atomic mass is 35.5. The van der Waals surface area contributed by atoms with E-state index in [0.29, 0.717) is 10.8 Å². The van der Waals surface area contributed by atoms with E-state index in [0.717, 1.165) is 16.8 Å². The van der Waals surface area contributed by atoms with Gasteiger partial charge in [-0.05, 0) is 36.4 Å². The molecule has 0 radical (unpaired) electrons. The van der Waals surface area contributed by atoms with Crippen molar-refractivity contribution in [3.63, 3.8) is 0 Å². The summed E-state index contributed by atoms with van der Waals surface area (Å²) in [6.07, 6.45) is -4.16. The number of benzene rings is 2. The number of halogens is 4. The van der Waals surface area contributed by atoms with E-state index in [9.17, 15) is 28.5 Å². The highest BCUT2D eigenvalue weighted by Crippen LogP contribution is 2.32. The highest BCUT2D eigenvalue weighted by molar-refractivity contribution is 6.30. The number of aliphatic hydroxyl groups excluding tert-OH is 3. The van der Waals surface area contributed by atoms with Crippen LogP contribution >= 0.6 is 11.6 Å². The van der Waals surface area contributed by atoms with Gasteiger partial charge < -0.3 is 24.8 Å². The zero-order chi connectivity index (χ0) is 23.0. The van der Waals surface area contributed by atoms with Crippen LogP contribution in [0.1, 0.15) is 6.04 Å². The molecule has 3 aromatic rings. The van der Waals surface area contributed by atoms with Gasteiger partial charge in [0.2, 0.25) is 6.29 Å². The zero-order valence-corrected chi connectivity index (χ0v) is 16.9. The maximum Gasteiger partial charge on any atom is 0.228 e. The molecule has 0 aliphatic carbocycles. The summed E-state index contributed by atoms with van der Waals surface area (Å²) in [5, 5.41) is 39.1. The second kappa shape index (κ2) is 9.04. The van der Waals surface area contributed by atoms with E-state index in [-0.39, 0.29) is 11.3 Å². The van der Waals surface area contributed by atoms with E-state index in [4.69, 9.17) is 21.1 Å². The summed E-state index contributed by atoms with van der Waals surface area (Å²) in [7, 11) is 0. The Bertz CT molecular complexity index is 1080. The highest BCUT2D eigenvalue weighted by Gasteiger charge is 2.47. The normalized spacial score (nSPS) is 25.7. The van der Waals surface area contributed by atoms with Gasteiger partial charge in [-0.25, -0.2) is 17.9 Å². The smallest absolute Gasteiger partial charge is 0.228 e. The molecule has 8 nitrogen and oxygen atoms in total. The van der Waals surface area contributed by atoms with Gasteiger partial charge in [-0.1, -0.05) is 16.8 Å². The van der Waals surface area contributed by atoms with E-state index in [1.807, 2.05) is 0 Å². The Morgan fingerprint density at radius 2 is 1.72 bits per heavy atom. The standard InChI is InChI=1S/C20H17ClF3N3O5/c21-10-1-3-11(4-2-10)31-20-19(30)17(18(29)15(8-28)32-20)27-7-14(25-26-27)9-5-12(22)16(24)13(23)6-9/h1-7,15,17-20,28-30H,8H2. The number of rotatable bonds is 5. The van der Waals surface area contributed by atoms with Crippen molar-refractivity contribution in [2.75, 3.05) is 6.61 Å². The van der Waals surface area contributed by atoms with Crippen molar-refractivity contribution in [3.8, 4) is 17.0 Å². The monoisotopic (exact) mass is 471 g/mol. The van der Waals surface area contributed by atoms with Gasteiger partial charge >= 0.3 is 0 Å². The van der Waals surface area contributed by atoms with E-state index in [1.54, 1.807) is 12.1 Å². The van der Waals surface area contributed by atoms with Gasteiger partial charge in [0.25, 0.3) is 0 Å². The summed E-state index contributed by atoms with van der Waals surface area (Å²) in [6.45, 7) is -0.596. The van der Waals surface area contributed by atoms with Crippen molar-refractivity contribution in [3.05, 3.63) is 65.1 Å². The minimum absolute atomic E-state index is 0.0376. The van der Waals surface area contributed by atoms with Crippen LogP contribution in [0.4, 0.5) is 13.2 Å². The molecule has 3 N–H and O–H groups in total. The molecule has 5 unspecified atom stereocenters. The lowest BCUT2D eigenvalue weighted by molar-refractivity contribution is -0.260. The molecular weight excluding hydrogens is 455 g/mol. The van der Waals surface area contributed by atoms with Crippen LogP contribution in [0.25, 0.3) is 11.3 Å². The van der Waals surface area contributed by atoms with Crippen molar-refractivity contribution in [1.82, 2.24) is 15.0 Å². The second-order valence-electron chi connectivity index (χ2n) is 7.11. The van der Waals surface area contributed by atoms with Gasteiger partial charge in [-0.3, -0.25) is 0 Å². The summed E-state index contributed by atoms with van der Waals surface area (Å²) >= 11 is 5.84. The van der Waals surface area contributed by atoms with Crippen molar-refractivity contribution in [2.45, 2.75) is 30.6 Å². The number of hydrogen-bond acceptors (Lipinski definition) is 7. The van der Waals surface area contributed by atoms with E-state index < -0.39 is 54.7 Å². The van der Waals surface area contributed by atoms with E-state index in [2.05, 4.69) is 10.3 Å². The van der Waals surface area contributed by atoms with Gasteiger partial charge in [0.15, 0.2) is 17.5 Å². The third-order valence-corrected chi connectivity index (χ3v) is 5.26. The Labute approximate surface area is 184 Å². The van der Waals surface area contributed by atoms with Crippen LogP contribution in [0.15, 0.2) is 42.6 Å². The molecule has 1 saturated heterocycles. The van der Waals surface area contributed by atoms with Crippen LogP contribution in [0.5, 0.6) is 5.75 Å². The molecule has 2 aromatic carbocycles. The van der Waals surface area contributed by atoms with Crippen molar-refractivity contribution in [1.29, 1.82) is 0 Å². The topological polar surface area (TPSA) is 110 Å². The van der Waals surface area contributed by atoms with Crippen molar-refractivity contribution < 1.29 is 38.0 Å². The SMILES string of the molecule is OCC1OC(Oc2ccc(Cl)cc2)C(O)C(n2cc(-c3cc(F)c(F)c(F)c3)nn2)C1O. The van der Waals surface area contributed by atoms with Crippen LogP contribution < -0.4 is 4.74 Å². The van der Waals surface area contributed by atoms with Gasteiger partial charge in [-0.2, -0.15) is 0 Å². The summed E-state index contributed by atoms with van der Waals surface area (Å²) in [5.74, 6) is -4.12. The molecule has 0 saturated carbocycles. The van der Waals surface area contributed by atoms with E-state index in [1.165, 1.54) is 18.3 Å². The Morgan fingerprint density at radius 3 is 2.34 bits per heavy atom. The number of nitrogens with zero attached hydrogens (tertiary/aromatic N) is 3. The van der Waals surface area contributed by atoms with Gasteiger partial charge in [0, 0.05) is 10.6 Å². The zero-order valence-electron chi connectivity index (χ0n) is 16.1. The maximum absolute atomic E-state index is 13.6. The molecule has 12 heteroatoms. The first-order chi connectivity index (χ1) is 15.3. The molecule has 32 heavy (non-hydrogen) atoms. The lowest BCUT2D eigenvalue weighted by Gasteiger charge is -2.41. The number of hydrogen-bond donors (Lipinski definition) is 3. The van der Waals surface area contributed by atoms with Crippen molar-refractivity contribution >= 4 is 11.6 Å². The molecular formula is C20H17ClF3N3O5. The maximum atomic E-state index is 13.6. The predicted molar refractivity (Wildman–Crippen MR) is 104 cm³/mol. The summed E-state index contributed by atoms with van der Waals surface area (Å²) in [5.41, 5.74) is -0.138. The second-order valence-corrected chi connectivity index (χ2v) is 7.54. The van der Waals surface area contributed by atoms with Crippen LogP contribution in [0, 0.1) is 17.5 Å². The molecule has 0 bridgehead atoms. The summed E-state index contributed by atoms with van der Waals surface area (Å²) in [6, 6.07) is 6.49. The molecule has 4 rings (SSSR count). The van der Waals surface area contributed by atoms with Gasteiger partial charge in [0.1, 0.15) is 35.8 Å². The first-order valence-corrected chi connectivity index (χ1v) is 9.77. The third-order valence-electron chi connectivity index (χ3n) is 5.01. The first-order valence-electron chi connectivity index (χ1n) is 9.40. The molecule has 1 aromatic heterocycles. The lowest BCUT2D eigenvalue weighted by atomic mass is 9.96. The number of ether oxygens (including phenoxy) is 2. The van der Waals surface area contributed by atoms with Gasteiger partial charge in [-0.15, -0.1) is 5.10 Å². The summed E-state index contributed by atoms with van der Waals surface area (Å²) in [4.78, 5) is 0. The molecule has 1 aliphatic heterocycles. The molecule has 5 atom stereocenters. The van der Waals surface area contributed by atoms with E-state index >= 15 is 0 Å². The quantitative estimate of drug-likeness (QED) is 0.489. The van der Waals surface area contributed by atoms with Crippen molar-refractivity contribution in [2.24, 2.45) is 0 Å². The lowest BCUT2D eigenvalue weighted by Crippen LogP contribution is -2.57. The largest absolute Gasteiger partial charge is 0.462 e. The molecule has 1 aliphatic rings. The van der Waals surface area contributed by atoms with Crippen LogP contribution in [-0.4, -0.2) is 61.5 Å². The Morgan fingerprint density at radius 1 is 1.06 bits per heavy atom. The molecule has 170 valence electrons. The minimum atomic E-state index is -1.62. The molecule has 2 heterocycles. The molecule has 0 spiro atoms. The Kier molecular flexibility index (Phi) is 6.35. The van der Waals surface area contributed by atoms with Gasteiger partial charge in [0.05, 0.1) is 12.8 Å². The fraction of sp³-hybridized carbons (Fsp3) is 0.300. The predicted octanol–water partition coefficient (Wildman–Crippen LogP) is 2.07. The fourth-order valence-corrected chi connectivity index (χ4v) is 3.51. The average molecular weight is 472 g/mol. The minimum Gasteiger partial charge on any atom is -0.462 e. The Hall–Kier alpha value is -2.70. The number of aliphatic hydroxyl groups is 3. The fourth-order valence-electron chi connectivity index (χ4n) is 3.38. The average Bonchev–Trinajstić information content (AvgIpc) is 3.25. The van der Waals surface area contributed by atoms with Crippen LogP contribution in [0.3, 0.4) is 0 Å². The van der Waals surface area contributed by atoms with Crippen LogP contribution in [-0.2, 0) is 4.74 Å². The Balaban J connectivity index is 1.63. The molecule has 0 amide bonds. The summed E-state index contributed by atoms with van der Waals surface area (Å²) < 4.78 is 52.6. The first kappa shape index (κ1) is 22.5. The number of aromatic nitrogens is 3. The molecule has 1 fully saturated rings.